The largest absolute Gasteiger partial charge is 0.361 e. The Balaban J connectivity index is 2.01. The molecule has 0 fully saturated rings. The SMILES string of the molecule is C#Cc1ccc(NC=C(C(=O)NCCC)C(=O)c2c(Cl)ccc3ccccc23)cc1. The van der Waals surface area contributed by atoms with Crippen molar-refractivity contribution in [1.29, 1.82) is 0 Å². The van der Waals surface area contributed by atoms with E-state index in [-0.39, 0.29) is 5.57 Å². The summed E-state index contributed by atoms with van der Waals surface area (Å²) in [7, 11) is 0. The molecule has 0 aliphatic rings. The average molecular weight is 417 g/mol. The van der Waals surface area contributed by atoms with Gasteiger partial charge >= 0.3 is 0 Å². The van der Waals surface area contributed by atoms with Gasteiger partial charge in [-0.2, -0.15) is 0 Å². The van der Waals surface area contributed by atoms with E-state index in [2.05, 4.69) is 16.6 Å². The van der Waals surface area contributed by atoms with Gasteiger partial charge in [0.1, 0.15) is 5.57 Å². The second-order valence-corrected chi connectivity index (χ2v) is 7.06. The second kappa shape index (κ2) is 9.78. The molecule has 0 saturated heterocycles. The molecule has 0 saturated carbocycles. The van der Waals surface area contributed by atoms with Crippen molar-refractivity contribution in [2.75, 3.05) is 11.9 Å². The van der Waals surface area contributed by atoms with Crippen molar-refractivity contribution in [3.8, 4) is 12.3 Å². The number of nitrogens with one attached hydrogen (secondary N) is 2. The number of anilines is 1. The summed E-state index contributed by atoms with van der Waals surface area (Å²) in [6.07, 6.45) is 7.55. The zero-order valence-electron chi connectivity index (χ0n) is 16.5. The molecule has 0 aliphatic carbocycles. The number of ketones is 1. The van der Waals surface area contributed by atoms with Crippen molar-refractivity contribution < 1.29 is 9.59 Å². The van der Waals surface area contributed by atoms with Crippen LogP contribution in [0.4, 0.5) is 5.69 Å². The van der Waals surface area contributed by atoms with Crippen LogP contribution in [0.3, 0.4) is 0 Å². The molecule has 0 aromatic heterocycles. The fraction of sp³-hybridized carbons (Fsp3) is 0.120. The van der Waals surface area contributed by atoms with Crippen LogP contribution in [0.2, 0.25) is 5.02 Å². The van der Waals surface area contributed by atoms with E-state index in [1.807, 2.05) is 37.3 Å². The average Bonchev–Trinajstić information content (AvgIpc) is 2.78. The molecular weight excluding hydrogens is 396 g/mol. The standard InChI is InChI=1S/C25H21ClN2O2/c1-3-15-27-25(30)21(16-28-19-12-9-17(4-2)10-13-19)24(29)23-20-8-6-5-7-18(20)11-14-22(23)26/h2,5-14,16,28H,3,15H2,1H3,(H,27,30). The summed E-state index contributed by atoms with van der Waals surface area (Å²) in [5.74, 6) is 1.64. The Hall–Kier alpha value is -3.55. The predicted molar refractivity (Wildman–Crippen MR) is 123 cm³/mol. The van der Waals surface area contributed by atoms with Gasteiger partial charge in [0.2, 0.25) is 5.78 Å². The third-order valence-electron chi connectivity index (χ3n) is 4.56. The van der Waals surface area contributed by atoms with Crippen molar-refractivity contribution in [1.82, 2.24) is 5.32 Å². The van der Waals surface area contributed by atoms with Gasteiger partial charge in [-0.3, -0.25) is 9.59 Å². The van der Waals surface area contributed by atoms with E-state index in [1.165, 1.54) is 6.20 Å². The zero-order chi connectivity index (χ0) is 21.5. The highest BCUT2D eigenvalue weighted by Crippen LogP contribution is 2.28. The smallest absolute Gasteiger partial charge is 0.256 e. The lowest BCUT2D eigenvalue weighted by Crippen LogP contribution is -2.30. The molecule has 3 aromatic carbocycles. The number of fused-ring (bicyclic) bond motifs is 1. The lowest BCUT2D eigenvalue weighted by Gasteiger charge is -2.12. The van der Waals surface area contributed by atoms with Gasteiger partial charge < -0.3 is 10.6 Å². The lowest BCUT2D eigenvalue weighted by atomic mass is 9.97. The topological polar surface area (TPSA) is 58.2 Å². The molecular formula is C25H21ClN2O2. The van der Waals surface area contributed by atoms with Gasteiger partial charge in [-0.15, -0.1) is 6.42 Å². The highest BCUT2D eigenvalue weighted by Gasteiger charge is 2.23. The minimum Gasteiger partial charge on any atom is -0.361 e. The fourth-order valence-corrected chi connectivity index (χ4v) is 3.25. The van der Waals surface area contributed by atoms with Gasteiger partial charge in [-0.25, -0.2) is 0 Å². The molecule has 4 nitrogen and oxygen atoms in total. The summed E-state index contributed by atoms with van der Waals surface area (Å²) in [5, 5.41) is 7.65. The number of Topliss-reactive ketones (excluding diaryl/α,β-unsaturated/α-hetero) is 1. The highest BCUT2D eigenvalue weighted by molar-refractivity contribution is 6.39. The van der Waals surface area contributed by atoms with Gasteiger partial charge in [0, 0.05) is 29.6 Å². The second-order valence-electron chi connectivity index (χ2n) is 6.65. The maximum atomic E-state index is 13.4. The molecule has 150 valence electrons. The molecule has 0 radical (unpaired) electrons. The van der Waals surface area contributed by atoms with E-state index in [0.29, 0.717) is 28.2 Å². The molecule has 3 aromatic rings. The van der Waals surface area contributed by atoms with Gasteiger partial charge in [-0.05, 0) is 47.5 Å². The van der Waals surface area contributed by atoms with Crippen molar-refractivity contribution in [2.45, 2.75) is 13.3 Å². The van der Waals surface area contributed by atoms with Crippen LogP contribution in [0, 0.1) is 12.3 Å². The fourth-order valence-electron chi connectivity index (χ4n) is 3.00. The van der Waals surface area contributed by atoms with E-state index in [1.54, 1.807) is 30.3 Å². The van der Waals surface area contributed by atoms with Crippen LogP contribution >= 0.6 is 11.6 Å². The van der Waals surface area contributed by atoms with Crippen LogP contribution < -0.4 is 10.6 Å². The summed E-state index contributed by atoms with van der Waals surface area (Å²) < 4.78 is 0. The molecule has 2 N–H and O–H groups in total. The van der Waals surface area contributed by atoms with E-state index < -0.39 is 11.7 Å². The van der Waals surface area contributed by atoms with Crippen LogP contribution in [0.5, 0.6) is 0 Å². The Morgan fingerprint density at radius 2 is 1.80 bits per heavy atom. The minimum atomic E-state index is -0.460. The molecule has 0 heterocycles. The molecule has 30 heavy (non-hydrogen) atoms. The maximum absolute atomic E-state index is 13.4. The molecule has 0 atom stereocenters. The number of terminal acetylenes is 1. The Labute approximate surface area is 180 Å². The number of halogens is 1. The number of amides is 1. The number of hydrogen-bond donors (Lipinski definition) is 2. The minimum absolute atomic E-state index is 0.0253. The first-order valence-corrected chi connectivity index (χ1v) is 9.96. The lowest BCUT2D eigenvalue weighted by molar-refractivity contribution is -0.117. The Morgan fingerprint density at radius 1 is 1.07 bits per heavy atom. The molecule has 0 bridgehead atoms. The van der Waals surface area contributed by atoms with Crippen molar-refractivity contribution in [2.24, 2.45) is 0 Å². The van der Waals surface area contributed by atoms with Crippen LogP contribution in [0.1, 0.15) is 29.3 Å². The molecule has 0 aliphatic heterocycles. The Kier molecular flexibility index (Phi) is 6.90. The predicted octanol–water partition coefficient (Wildman–Crippen LogP) is 5.18. The zero-order valence-corrected chi connectivity index (χ0v) is 17.3. The first-order chi connectivity index (χ1) is 14.5. The maximum Gasteiger partial charge on any atom is 0.256 e. The van der Waals surface area contributed by atoms with Gasteiger partial charge in [-0.1, -0.05) is 54.8 Å². The first-order valence-electron chi connectivity index (χ1n) is 9.58. The van der Waals surface area contributed by atoms with Crippen LogP contribution in [0.25, 0.3) is 10.8 Å². The number of carbonyl (C=O) groups excluding carboxylic acids is 2. The molecule has 5 heteroatoms. The van der Waals surface area contributed by atoms with Crippen LogP contribution in [-0.2, 0) is 4.79 Å². The van der Waals surface area contributed by atoms with Crippen LogP contribution in [-0.4, -0.2) is 18.2 Å². The third-order valence-corrected chi connectivity index (χ3v) is 4.88. The van der Waals surface area contributed by atoms with Gasteiger partial charge in [0.25, 0.3) is 5.91 Å². The summed E-state index contributed by atoms with van der Waals surface area (Å²) in [4.78, 5) is 26.2. The van der Waals surface area contributed by atoms with Crippen molar-refractivity contribution >= 4 is 39.8 Å². The van der Waals surface area contributed by atoms with Crippen molar-refractivity contribution in [3.63, 3.8) is 0 Å². The van der Waals surface area contributed by atoms with Gasteiger partial charge in [0.15, 0.2) is 0 Å². The summed E-state index contributed by atoms with van der Waals surface area (Å²) in [6.45, 7) is 2.40. The quantitative estimate of drug-likeness (QED) is 0.183. The Morgan fingerprint density at radius 3 is 2.50 bits per heavy atom. The van der Waals surface area contributed by atoms with E-state index in [9.17, 15) is 9.59 Å². The Bertz CT molecular complexity index is 1160. The van der Waals surface area contributed by atoms with E-state index >= 15 is 0 Å². The highest BCUT2D eigenvalue weighted by atomic mass is 35.5. The van der Waals surface area contributed by atoms with Crippen LogP contribution in [0.15, 0.2) is 72.4 Å². The molecule has 0 unspecified atom stereocenters. The molecule has 3 rings (SSSR count). The van der Waals surface area contributed by atoms with E-state index in [0.717, 1.165) is 17.4 Å². The number of carbonyl (C=O) groups is 2. The summed E-state index contributed by atoms with van der Waals surface area (Å²) >= 11 is 6.38. The first kappa shape index (κ1) is 21.2. The molecule has 1 amide bonds. The monoisotopic (exact) mass is 416 g/mol. The third kappa shape index (κ3) is 4.71. The van der Waals surface area contributed by atoms with E-state index in [4.69, 9.17) is 18.0 Å². The normalized spacial score (nSPS) is 11.0. The summed E-state index contributed by atoms with van der Waals surface area (Å²) in [6, 6.07) is 18.1. The van der Waals surface area contributed by atoms with Gasteiger partial charge in [0.05, 0.1) is 5.02 Å². The number of rotatable bonds is 7. The molecule has 0 spiro atoms. The number of hydrogen-bond acceptors (Lipinski definition) is 3. The number of benzene rings is 3. The summed E-state index contributed by atoms with van der Waals surface area (Å²) in [5.41, 5.74) is 1.72. The van der Waals surface area contributed by atoms with Crippen molar-refractivity contribution in [3.05, 3.63) is 88.6 Å².